The minimum Gasteiger partial charge on any atom is -0.494 e. The number of ether oxygens (including phenoxy) is 1. The van der Waals surface area contributed by atoms with Crippen LogP contribution in [0.15, 0.2) is 53.4 Å². The summed E-state index contributed by atoms with van der Waals surface area (Å²) in [6.07, 6.45) is 0.0443. The summed E-state index contributed by atoms with van der Waals surface area (Å²) >= 11 is 0. The third-order valence-corrected chi connectivity index (χ3v) is 5.42. The molecule has 0 saturated carbocycles. The summed E-state index contributed by atoms with van der Waals surface area (Å²) in [7, 11) is -3.67. The van der Waals surface area contributed by atoms with Gasteiger partial charge in [0.1, 0.15) is 5.75 Å². The van der Waals surface area contributed by atoms with E-state index in [9.17, 15) is 13.2 Å². The molecule has 7 heteroatoms. The van der Waals surface area contributed by atoms with Gasteiger partial charge in [-0.05, 0) is 48.7 Å². The zero-order valence-electron chi connectivity index (χ0n) is 15.9. The van der Waals surface area contributed by atoms with Crippen LogP contribution in [0.4, 0.5) is 5.69 Å². The van der Waals surface area contributed by atoms with E-state index in [1.807, 2.05) is 31.2 Å². The molecular formula is C20H26N2O4S. The van der Waals surface area contributed by atoms with Gasteiger partial charge in [-0.1, -0.05) is 32.0 Å². The number of hydrogen-bond acceptors (Lipinski definition) is 4. The molecular weight excluding hydrogens is 364 g/mol. The van der Waals surface area contributed by atoms with Crippen LogP contribution in [0.2, 0.25) is 0 Å². The van der Waals surface area contributed by atoms with Crippen molar-refractivity contribution in [1.29, 1.82) is 0 Å². The summed E-state index contributed by atoms with van der Waals surface area (Å²) < 4.78 is 32.4. The molecule has 2 aromatic carbocycles. The van der Waals surface area contributed by atoms with Gasteiger partial charge in [0.25, 0.3) is 0 Å². The summed E-state index contributed by atoms with van der Waals surface area (Å²) in [6, 6.07) is 13.8. The highest BCUT2D eigenvalue weighted by Crippen LogP contribution is 2.23. The molecule has 0 bridgehead atoms. The van der Waals surface area contributed by atoms with Crippen LogP contribution in [0.1, 0.15) is 38.7 Å². The van der Waals surface area contributed by atoms with Crippen LogP contribution in [0.25, 0.3) is 0 Å². The lowest BCUT2D eigenvalue weighted by Crippen LogP contribution is -2.28. The van der Waals surface area contributed by atoms with Crippen molar-refractivity contribution in [2.45, 2.75) is 38.0 Å². The van der Waals surface area contributed by atoms with Gasteiger partial charge in [-0.3, -0.25) is 4.79 Å². The first-order valence-electron chi connectivity index (χ1n) is 8.94. The van der Waals surface area contributed by atoms with Crippen LogP contribution in [0, 0.1) is 0 Å². The summed E-state index contributed by atoms with van der Waals surface area (Å²) in [4.78, 5) is 12.3. The van der Waals surface area contributed by atoms with Crippen molar-refractivity contribution >= 4 is 21.6 Å². The van der Waals surface area contributed by atoms with Crippen molar-refractivity contribution in [3.8, 4) is 5.75 Å². The fourth-order valence-electron chi connectivity index (χ4n) is 2.59. The molecule has 0 unspecified atom stereocenters. The van der Waals surface area contributed by atoms with Crippen molar-refractivity contribution < 1.29 is 17.9 Å². The number of hydrogen-bond donors (Lipinski definition) is 2. The molecule has 2 rings (SSSR count). The molecule has 1 amide bonds. The lowest BCUT2D eigenvalue weighted by molar-refractivity contribution is -0.116. The topological polar surface area (TPSA) is 84.5 Å². The predicted octanol–water partition coefficient (Wildman–Crippen LogP) is 3.52. The number of benzene rings is 2. The van der Waals surface area contributed by atoms with Gasteiger partial charge >= 0.3 is 0 Å². The smallest absolute Gasteiger partial charge is 0.240 e. The van der Waals surface area contributed by atoms with Crippen molar-refractivity contribution in [2.75, 3.05) is 18.5 Å². The number of carbonyl (C=O) groups excluding carboxylic acids is 1. The Balaban J connectivity index is 1.90. The minimum atomic E-state index is -3.67. The third kappa shape index (κ3) is 6.08. The highest BCUT2D eigenvalue weighted by atomic mass is 32.2. The predicted molar refractivity (Wildman–Crippen MR) is 107 cm³/mol. The molecule has 0 aliphatic rings. The van der Waals surface area contributed by atoms with Gasteiger partial charge in [-0.2, -0.15) is 0 Å². The van der Waals surface area contributed by atoms with Crippen LogP contribution in [0.5, 0.6) is 5.75 Å². The maximum Gasteiger partial charge on any atom is 0.240 e. The molecule has 0 radical (unpaired) electrons. The molecule has 0 aromatic heterocycles. The summed E-state index contributed by atoms with van der Waals surface area (Å²) in [5.74, 6) is 0.650. The molecule has 0 heterocycles. The molecule has 0 saturated heterocycles. The summed E-state index contributed by atoms with van der Waals surface area (Å²) in [5, 5.41) is 2.85. The van der Waals surface area contributed by atoms with Gasteiger partial charge < -0.3 is 10.1 Å². The van der Waals surface area contributed by atoms with Crippen molar-refractivity contribution in [2.24, 2.45) is 0 Å². The van der Waals surface area contributed by atoms with E-state index < -0.39 is 10.0 Å². The Morgan fingerprint density at radius 3 is 2.37 bits per heavy atom. The quantitative estimate of drug-likeness (QED) is 0.686. The van der Waals surface area contributed by atoms with Crippen molar-refractivity contribution in [3.63, 3.8) is 0 Å². The van der Waals surface area contributed by atoms with Crippen LogP contribution >= 0.6 is 0 Å². The van der Waals surface area contributed by atoms with E-state index in [0.717, 1.165) is 11.3 Å². The zero-order chi connectivity index (χ0) is 19.9. The first-order chi connectivity index (χ1) is 12.8. The second-order valence-electron chi connectivity index (χ2n) is 6.34. The van der Waals surface area contributed by atoms with E-state index >= 15 is 0 Å². The Hall–Kier alpha value is -2.38. The highest BCUT2D eigenvalue weighted by Gasteiger charge is 2.15. The Morgan fingerprint density at radius 1 is 1.07 bits per heavy atom. The number of anilines is 1. The Bertz CT molecular complexity index is 862. The lowest BCUT2D eigenvalue weighted by atomic mass is 10.0. The van der Waals surface area contributed by atoms with E-state index in [4.69, 9.17) is 4.74 Å². The van der Waals surface area contributed by atoms with Crippen LogP contribution in [0.3, 0.4) is 0 Å². The maximum absolute atomic E-state index is 12.3. The number of carbonyl (C=O) groups is 1. The number of nitrogens with one attached hydrogen (secondary N) is 2. The van der Waals surface area contributed by atoms with E-state index in [2.05, 4.69) is 23.9 Å². The molecule has 0 spiro atoms. The molecule has 0 atom stereocenters. The molecule has 2 aromatic rings. The van der Waals surface area contributed by atoms with Crippen LogP contribution < -0.4 is 14.8 Å². The number of sulfonamides is 1. The lowest BCUT2D eigenvalue weighted by Gasteiger charge is -2.13. The van der Waals surface area contributed by atoms with E-state index in [0.29, 0.717) is 12.4 Å². The maximum atomic E-state index is 12.3. The molecule has 0 aliphatic carbocycles. The van der Waals surface area contributed by atoms with Gasteiger partial charge in [-0.15, -0.1) is 0 Å². The Labute approximate surface area is 161 Å². The summed E-state index contributed by atoms with van der Waals surface area (Å²) in [5.41, 5.74) is 1.80. The summed E-state index contributed by atoms with van der Waals surface area (Å²) in [6.45, 7) is 6.49. The van der Waals surface area contributed by atoms with Gasteiger partial charge in [0, 0.05) is 18.7 Å². The molecule has 0 aliphatic heterocycles. The first-order valence-corrected chi connectivity index (χ1v) is 10.4. The molecule has 27 heavy (non-hydrogen) atoms. The first kappa shape index (κ1) is 20.9. The molecule has 6 nitrogen and oxygen atoms in total. The number of rotatable bonds is 9. The minimum absolute atomic E-state index is 0.0191. The van der Waals surface area contributed by atoms with Gasteiger partial charge in [0.15, 0.2) is 0 Å². The fraction of sp³-hybridized carbons (Fsp3) is 0.350. The largest absolute Gasteiger partial charge is 0.494 e. The zero-order valence-corrected chi connectivity index (χ0v) is 16.7. The fourth-order valence-corrected chi connectivity index (χ4v) is 3.62. The van der Waals surface area contributed by atoms with Gasteiger partial charge in [-0.25, -0.2) is 13.1 Å². The highest BCUT2D eigenvalue weighted by molar-refractivity contribution is 7.89. The van der Waals surface area contributed by atoms with E-state index in [-0.39, 0.29) is 29.7 Å². The third-order valence-electron chi connectivity index (χ3n) is 3.95. The van der Waals surface area contributed by atoms with Crippen LogP contribution in [-0.2, 0) is 14.8 Å². The Kier molecular flexibility index (Phi) is 7.38. The van der Waals surface area contributed by atoms with E-state index in [1.54, 1.807) is 12.1 Å². The van der Waals surface area contributed by atoms with Crippen molar-refractivity contribution in [3.05, 3.63) is 54.1 Å². The Morgan fingerprint density at radius 2 is 1.74 bits per heavy atom. The molecule has 0 fully saturated rings. The standard InChI is InChI=1S/C20H26N2O4S/c1-4-26-16-9-11-17(12-10-16)27(24,25)21-14-13-20(23)22-19-8-6-5-7-18(19)15(2)3/h5-12,15,21H,4,13-14H2,1-3H3,(H,22,23). The molecule has 2 N–H and O–H groups in total. The van der Waals surface area contributed by atoms with Gasteiger partial charge in [0.05, 0.1) is 11.5 Å². The van der Waals surface area contributed by atoms with Crippen molar-refractivity contribution in [1.82, 2.24) is 4.72 Å². The average molecular weight is 391 g/mol. The van der Waals surface area contributed by atoms with Gasteiger partial charge in [0.2, 0.25) is 15.9 Å². The number of para-hydroxylation sites is 1. The second-order valence-corrected chi connectivity index (χ2v) is 8.11. The van der Waals surface area contributed by atoms with Crippen LogP contribution in [-0.4, -0.2) is 27.5 Å². The molecule has 146 valence electrons. The normalized spacial score (nSPS) is 11.4. The average Bonchev–Trinajstić information content (AvgIpc) is 2.62. The van der Waals surface area contributed by atoms with E-state index in [1.165, 1.54) is 12.1 Å². The SMILES string of the molecule is CCOc1ccc(S(=O)(=O)NCCC(=O)Nc2ccccc2C(C)C)cc1. The number of amides is 1. The monoisotopic (exact) mass is 390 g/mol. The second kappa shape index (κ2) is 9.53.